The van der Waals surface area contributed by atoms with E-state index in [-0.39, 0.29) is 17.0 Å². The number of hydrogen-bond acceptors (Lipinski definition) is 6. The molecule has 3 aromatic rings. The maximum atomic E-state index is 12.1. The molecule has 9 heteroatoms. The van der Waals surface area contributed by atoms with Crippen LogP contribution in [0.4, 0.5) is 0 Å². The van der Waals surface area contributed by atoms with Crippen LogP contribution in [-0.2, 0) is 11.8 Å². The number of thiazole rings is 1. The standard InChI is InChI=1S/C15H13N3O5S/c1-3-23-13(20)9-7-18(14(21)16-12(9)19)8-4-5-10-11(6-8)24-15(22)17(10)2/h4-7H,3H2,1-2H3,(H,16,19,21). The van der Waals surface area contributed by atoms with E-state index in [0.29, 0.717) is 10.4 Å². The lowest BCUT2D eigenvalue weighted by atomic mass is 10.2. The number of ether oxygens (including phenoxy) is 1. The molecule has 0 aliphatic rings. The Hall–Kier alpha value is -2.94. The molecule has 8 nitrogen and oxygen atoms in total. The lowest BCUT2D eigenvalue weighted by Crippen LogP contribution is -2.33. The van der Waals surface area contributed by atoms with Crippen LogP contribution in [0.2, 0.25) is 0 Å². The number of carbonyl (C=O) groups is 1. The highest BCUT2D eigenvalue weighted by Gasteiger charge is 2.15. The van der Waals surface area contributed by atoms with Gasteiger partial charge in [0.05, 0.1) is 22.5 Å². The van der Waals surface area contributed by atoms with Gasteiger partial charge in [0.15, 0.2) is 0 Å². The first-order valence-corrected chi connectivity index (χ1v) is 7.87. The third kappa shape index (κ3) is 2.58. The second-order valence-electron chi connectivity index (χ2n) is 4.97. The largest absolute Gasteiger partial charge is 0.462 e. The molecular formula is C15H13N3O5S. The van der Waals surface area contributed by atoms with Gasteiger partial charge in [0.25, 0.3) is 5.56 Å². The number of esters is 1. The molecule has 124 valence electrons. The maximum Gasteiger partial charge on any atom is 0.345 e. The van der Waals surface area contributed by atoms with Crippen LogP contribution < -0.4 is 16.1 Å². The molecule has 1 aromatic carbocycles. The maximum absolute atomic E-state index is 12.1. The number of aryl methyl sites for hydroxylation is 1. The summed E-state index contributed by atoms with van der Waals surface area (Å²) in [6.07, 6.45) is 1.14. The predicted octanol–water partition coefficient (Wildman–Crippen LogP) is 0.616. The van der Waals surface area contributed by atoms with Crippen molar-refractivity contribution in [1.29, 1.82) is 0 Å². The Kier molecular flexibility index (Phi) is 3.94. The minimum absolute atomic E-state index is 0.112. The smallest absolute Gasteiger partial charge is 0.345 e. The molecular weight excluding hydrogens is 334 g/mol. The molecule has 0 saturated heterocycles. The summed E-state index contributed by atoms with van der Waals surface area (Å²) in [5, 5.41) is 0. The van der Waals surface area contributed by atoms with E-state index in [2.05, 4.69) is 4.98 Å². The molecule has 3 rings (SSSR count). The average molecular weight is 347 g/mol. The van der Waals surface area contributed by atoms with Crippen molar-refractivity contribution in [2.45, 2.75) is 6.92 Å². The van der Waals surface area contributed by atoms with Crippen molar-refractivity contribution in [2.75, 3.05) is 6.61 Å². The van der Waals surface area contributed by atoms with E-state index in [1.54, 1.807) is 32.2 Å². The van der Waals surface area contributed by atoms with Crippen LogP contribution in [0, 0.1) is 0 Å². The number of H-pyrrole nitrogens is 1. The molecule has 0 bridgehead atoms. The van der Waals surface area contributed by atoms with E-state index >= 15 is 0 Å². The predicted molar refractivity (Wildman–Crippen MR) is 89.2 cm³/mol. The summed E-state index contributed by atoms with van der Waals surface area (Å²) in [5.74, 6) is -0.807. The number of hydrogen-bond donors (Lipinski definition) is 1. The number of nitrogens with one attached hydrogen (secondary N) is 1. The zero-order chi connectivity index (χ0) is 17.4. The molecule has 2 aromatic heterocycles. The van der Waals surface area contributed by atoms with E-state index in [1.165, 1.54) is 4.57 Å². The molecule has 0 spiro atoms. The zero-order valence-corrected chi connectivity index (χ0v) is 13.7. The molecule has 1 N–H and O–H groups in total. The number of aromatic amines is 1. The second kappa shape index (κ2) is 5.93. The first-order chi connectivity index (χ1) is 11.4. The summed E-state index contributed by atoms with van der Waals surface area (Å²) >= 11 is 1.04. The molecule has 0 atom stereocenters. The topological polar surface area (TPSA) is 103 Å². The van der Waals surface area contributed by atoms with Gasteiger partial charge in [-0.15, -0.1) is 0 Å². The summed E-state index contributed by atoms with van der Waals surface area (Å²) in [6.45, 7) is 1.73. The molecule has 0 saturated carbocycles. The van der Waals surface area contributed by atoms with Gasteiger partial charge in [-0.1, -0.05) is 11.3 Å². The first kappa shape index (κ1) is 15.9. The fourth-order valence-electron chi connectivity index (χ4n) is 2.29. The van der Waals surface area contributed by atoms with Gasteiger partial charge >= 0.3 is 16.5 Å². The molecule has 0 aliphatic heterocycles. The van der Waals surface area contributed by atoms with Crippen molar-refractivity contribution in [2.24, 2.45) is 7.05 Å². The van der Waals surface area contributed by atoms with Gasteiger partial charge < -0.3 is 9.30 Å². The van der Waals surface area contributed by atoms with Crippen LogP contribution in [0.25, 0.3) is 15.9 Å². The van der Waals surface area contributed by atoms with Crippen LogP contribution in [0.15, 0.2) is 38.8 Å². The molecule has 0 radical (unpaired) electrons. The fraction of sp³-hybridized carbons (Fsp3) is 0.200. The van der Waals surface area contributed by atoms with Crippen LogP contribution in [0.1, 0.15) is 17.3 Å². The lowest BCUT2D eigenvalue weighted by molar-refractivity contribution is 0.0523. The second-order valence-corrected chi connectivity index (χ2v) is 5.96. The Morgan fingerprint density at radius 2 is 2.04 bits per heavy atom. The van der Waals surface area contributed by atoms with Crippen molar-refractivity contribution in [1.82, 2.24) is 14.1 Å². The lowest BCUT2D eigenvalue weighted by Gasteiger charge is -2.07. The van der Waals surface area contributed by atoms with Gasteiger partial charge in [-0.3, -0.25) is 19.1 Å². The van der Waals surface area contributed by atoms with Crippen molar-refractivity contribution < 1.29 is 9.53 Å². The van der Waals surface area contributed by atoms with Crippen LogP contribution >= 0.6 is 11.3 Å². The molecule has 0 unspecified atom stereocenters. The Bertz CT molecular complexity index is 1120. The Balaban J connectivity index is 2.20. The monoisotopic (exact) mass is 347 g/mol. The van der Waals surface area contributed by atoms with Gasteiger partial charge in [-0.2, -0.15) is 0 Å². The third-order valence-corrected chi connectivity index (χ3v) is 4.49. The van der Waals surface area contributed by atoms with Crippen molar-refractivity contribution in [3.8, 4) is 5.69 Å². The highest BCUT2D eigenvalue weighted by molar-refractivity contribution is 7.16. The third-order valence-electron chi connectivity index (χ3n) is 3.49. The number of rotatable bonds is 3. The Morgan fingerprint density at radius 1 is 1.29 bits per heavy atom. The van der Waals surface area contributed by atoms with Crippen molar-refractivity contribution >= 4 is 27.5 Å². The SMILES string of the molecule is CCOC(=O)c1cn(-c2ccc3c(c2)sc(=O)n3C)c(=O)[nH]c1=O. The van der Waals surface area contributed by atoms with Gasteiger partial charge in [0.1, 0.15) is 5.56 Å². The number of nitrogens with zero attached hydrogens (tertiary/aromatic N) is 2. The number of benzene rings is 1. The zero-order valence-electron chi connectivity index (χ0n) is 12.9. The van der Waals surface area contributed by atoms with Gasteiger partial charge in [-0.05, 0) is 25.1 Å². The van der Waals surface area contributed by atoms with Gasteiger partial charge in [0.2, 0.25) is 0 Å². The molecule has 24 heavy (non-hydrogen) atoms. The molecule has 0 amide bonds. The van der Waals surface area contributed by atoms with E-state index < -0.39 is 17.2 Å². The average Bonchev–Trinajstić information content (AvgIpc) is 2.81. The normalized spacial score (nSPS) is 10.9. The highest BCUT2D eigenvalue weighted by atomic mass is 32.1. The van der Waals surface area contributed by atoms with Crippen molar-refractivity contribution in [3.05, 3.63) is 60.5 Å². The summed E-state index contributed by atoms with van der Waals surface area (Å²) in [6, 6.07) is 4.98. The Labute approximate surface area is 138 Å². The van der Waals surface area contributed by atoms with Crippen LogP contribution in [-0.4, -0.2) is 26.7 Å². The van der Waals surface area contributed by atoms with Gasteiger partial charge in [0, 0.05) is 13.2 Å². The van der Waals surface area contributed by atoms with Crippen LogP contribution in [0.3, 0.4) is 0 Å². The van der Waals surface area contributed by atoms with E-state index in [1.807, 2.05) is 0 Å². The fourth-order valence-corrected chi connectivity index (χ4v) is 3.20. The quantitative estimate of drug-likeness (QED) is 0.700. The first-order valence-electron chi connectivity index (χ1n) is 7.05. The minimum Gasteiger partial charge on any atom is -0.462 e. The van der Waals surface area contributed by atoms with E-state index in [4.69, 9.17) is 4.74 Å². The molecule has 2 heterocycles. The minimum atomic E-state index is -0.807. The number of aromatic nitrogens is 3. The van der Waals surface area contributed by atoms with Crippen molar-refractivity contribution in [3.63, 3.8) is 0 Å². The van der Waals surface area contributed by atoms with E-state index in [9.17, 15) is 19.2 Å². The summed E-state index contributed by atoms with van der Waals surface area (Å²) in [5.41, 5.74) is -0.596. The summed E-state index contributed by atoms with van der Waals surface area (Å²) in [7, 11) is 1.66. The Morgan fingerprint density at radius 3 is 2.75 bits per heavy atom. The highest BCUT2D eigenvalue weighted by Crippen LogP contribution is 2.19. The molecule has 0 aliphatic carbocycles. The molecule has 0 fully saturated rings. The summed E-state index contributed by atoms with van der Waals surface area (Å²) < 4.78 is 8.14. The number of fused-ring (bicyclic) bond motifs is 1. The van der Waals surface area contributed by atoms with Crippen LogP contribution in [0.5, 0.6) is 0 Å². The summed E-state index contributed by atoms with van der Waals surface area (Å²) in [4.78, 5) is 49.4. The number of carbonyl (C=O) groups excluding carboxylic acids is 1. The van der Waals surface area contributed by atoms with E-state index in [0.717, 1.165) is 27.6 Å². The van der Waals surface area contributed by atoms with Gasteiger partial charge in [-0.25, -0.2) is 9.59 Å².